The van der Waals surface area contributed by atoms with Crippen molar-refractivity contribution in [3.63, 3.8) is 0 Å². The quantitative estimate of drug-likeness (QED) is 0.872. The van der Waals surface area contributed by atoms with Crippen LogP contribution in [0.5, 0.6) is 0 Å². The van der Waals surface area contributed by atoms with E-state index in [-0.39, 0.29) is 0 Å². The van der Waals surface area contributed by atoms with Crippen molar-refractivity contribution in [2.45, 2.75) is 19.8 Å². The molecule has 1 N–H and O–H groups in total. The van der Waals surface area contributed by atoms with Crippen molar-refractivity contribution in [3.8, 4) is 0 Å². The highest BCUT2D eigenvalue weighted by molar-refractivity contribution is 6.31. The van der Waals surface area contributed by atoms with E-state index in [1.54, 1.807) is 0 Å². The summed E-state index contributed by atoms with van der Waals surface area (Å²) in [5.41, 5.74) is 2.24. The first kappa shape index (κ1) is 11.7. The van der Waals surface area contributed by atoms with Crippen molar-refractivity contribution in [2.75, 3.05) is 25.1 Å². The molecule has 1 heterocycles. The highest BCUT2D eigenvalue weighted by atomic mass is 35.5. The molecule has 0 unspecified atom stereocenters. The molecule has 0 aliphatic carbocycles. The summed E-state index contributed by atoms with van der Waals surface area (Å²) in [7, 11) is 0. The van der Waals surface area contributed by atoms with Crippen LogP contribution < -0.4 is 5.32 Å². The number of ether oxygens (including phenoxy) is 1. The Morgan fingerprint density at radius 3 is 2.81 bits per heavy atom. The van der Waals surface area contributed by atoms with Gasteiger partial charge in [-0.05, 0) is 43.4 Å². The summed E-state index contributed by atoms with van der Waals surface area (Å²) < 4.78 is 5.34. The maximum Gasteiger partial charge on any atom is 0.0469 e. The second kappa shape index (κ2) is 5.55. The van der Waals surface area contributed by atoms with Gasteiger partial charge in [0, 0.05) is 30.5 Å². The summed E-state index contributed by atoms with van der Waals surface area (Å²) in [5, 5.41) is 4.27. The lowest BCUT2D eigenvalue weighted by atomic mass is 10.0. The zero-order valence-corrected chi connectivity index (χ0v) is 10.4. The van der Waals surface area contributed by atoms with Crippen molar-refractivity contribution < 1.29 is 4.74 Å². The molecule has 0 bridgehead atoms. The van der Waals surface area contributed by atoms with E-state index >= 15 is 0 Å². The first-order valence-corrected chi connectivity index (χ1v) is 6.21. The molecule has 1 aliphatic rings. The average Bonchev–Trinajstić information content (AvgIpc) is 2.32. The Morgan fingerprint density at radius 1 is 1.38 bits per heavy atom. The third-order valence-electron chi connectivity index (χ3n) is 3.11. The highest BCUT2D eigenvalue weighted by Gasteiger charge is 2.13. The van der Waals surface area contributed by atoms with Gasteiger partial charge < -0.3 is 10.1 Å². The second-order valence-corrected chi connectivity index (χ2v) is 4.81. The Hall–Kier alpha value is -0.730. The van der Waals surface area contributed by atoms with E-state index in [1.165, 1.54) is 0 Å². The number of benzene rings is 1. The van der Waals surface area contributed by atoms with Crippen LogP contribution in [0.25, 0.3) is 0 Å². The molecule has 1 saturated heterocycles. The Labute approximate surface area is 102 Å². The van der Waals surface area contributed by atoms with Gasteiger partial charge in [0.05, 0.1) is 0 Å². The fourth-order valence-electron chi connectivity index (χ4n) is 1.92. The normalized spacial score (nSPS) is 17.4. The fourth-order valence-corrected chi connectivity index (χ4v) is 2.10. The van der Waals surface area contributed by atoms with Gasteiger partial charge in [0.15, 0.2) is 0 Å². The van der Waals surface area contributed by atoms with Crippen LogP contribution in [0.15, 0.2) is 18.2 Å². The molecular formula is C13H18ClNO. The first-order chi connectivity index (χ1) is 7.75. The van der Waals surface area contributed by atoms with E-state index < -0.39 is 0 Å². The van der Waals surface area contributed by atoms with Crippen LogP contribution in [0.3, 0.4) is 0 Å². The van der Waals surface area contributed by atoms with E-state index in [0.29, 0.717) is 0 Å². The molecule has 0 atom stereocenters. The molecule has 88 valence electrons. The van der Waals surface area contributed by atoms with Crippen LogP contribution in [0.1, 0.15) is 18.4 Å². The summed E-state index contributed by atoms with van der Waals surface area (Å²) >= 11 is 6.08. The fraction of sp³-hybridized carbons (Fsp3) is 0.538. The van der Waals surface area contributed by atoms with Crippen LogP contribution in [-0.4, -0.2) is 19.8 Å². The maximum absolute atomic E-state index is 6.08. The molecule has 1 fully saturated rings. The SMILES string of the molecule is Cc1ccc(NCC2CCOCC2)cc1Cl. The minimum atomic E-state index is 0.730. The molecule has 2 nitrogen and oxygen atoms in total. The molecule has 16 heavy (non-hydrogen) atoms. The summed E-state index contributed by atoms with van der Waals surface area (Å²) in [6, 6.07) is 6.13. The van der Waals surface area contributed by atoms with Crippen molar-refractivity contribution in [1.82, 2.24) is 0 Å². The van der Waals surface area contributed by atoms with Crippen molar-refractivity contribution in [3.05, 3.63) is 28.8 Å². The van der Waals surface area contributed by atoms with Crippen molar-refractivity contribution in [1.29, 1.82) is 0 Å². The topological polar surface area (TPSA) is 21.3 Å². The molecule has 0 aromatic heterocycles. The van der Waals surface area contributed by atoms with Crippen LogP contribution >= 0.6 is 11.6 Å². The second-order valence-electron chi connectivity index (χ2n) is 4.40. The predicted molar refractivity (Wildman–Crippen MR) is 68.2 cm³/mol. The Bertz CT molecular complexity index is 348. The van der Waals surface area contributed by atoms with Gasteiger partial charge in [-0.2, -0.15) is 0 Å². The molecule has 2 rings (SSSR count). The summed E-state index contributed by atoms with van der Waals surface area (Å²) in [5.74, 6) is 0.730. The molecule has 0 saturated carbocycles. The van der Waals surface area contributed by atoms with Gasteiger partial charge in [-0.15, -0.1) is 0 Å². The van der Waals surface area contributed by atoms with Gasteiger partial charge in [-0.1, -0.05) is 17.7 Å². The summed E-state index contributed by atoms with van der Waals surface area (Å²) in [6.45, 7) is 4.84. The average molecular weight is 240 g/mol. The first-order valence-electron chi connectivity index (χ1n) is 5.83. The Kier molecular flexibility index (Phi) is 4.08. The number of anilines is 1. The number of hydrogen-bond donors (Lipinski definition) is 1. The lowest BCUT2D eigenvalue weighted by Gasteiger charge is -2.22. The zero-order chi connectivity index (χ0) is 11.4. The van der Waals surface area contributed by atoms with Gasteiger partial charge >= 0.3 is 0 Å². The standard InChI is InChI=1S/C13H18ClNO/c1-10-2-3-12(8-13(10)14)15-9-11-4-6-16-7-5-11/h2-3,8,11,15H,4-7,9H2,1H3. The predicted octanol–water partition coefficient (Wildman–Crippen LogP) is 3.49. The minimum Gasteiger partial charge on any atom is -0.385 e. The molecule has 0 radical (unpaired) electrons. The van der Waals surface area contributed by atoms with E-state index in [1.807, 2.05) is 13.0 Å². The lowest BCUT2D eigenvalue weighted by Crippen LogP contribution is -2.22. The zero-order valence-electron chi connectivity index (χ0n) is 9.63. The minimum absolute atomic E-state index is 0.730. The van der Waals surface area contributed by atoms with Crippen molar-refractivity contribution >= 4 is 17.3 Å². The summed E-state index contributed by atoms with van der Waals surface area (Å²) in [4.78, 5) is 0. The Balaban J connectivity index is 1.86. The smallest absolute Gasteiger partial charge is 0.0469 e. The van der Waals surface area contributed by atoms with Gasteiger partial charge in [-0.25, -0.2) is 0 Å². The molecule has 0 spiro atoms. The van der Waals surface area contributed by atoms with Crippen LogP contribution in [-0.2, 0) is 4.74 Å². The van der Waals surface area contributed by atoms with Gasteiger partial charge in [0.2, 0.25) is 0 Å². The highest BCUT2D eigenvalue weighted by Crippen LogP contribution is 2.21. The molecule has 1 aromatic carbocycles. The van der Waals surface area contributed by atoms with E-state index in [4.69, 9.17) is 16.3 Å². The third-order valence-corrected chi connectivity index (χ3v) is 3.51. The number of nitrogens with one attached hydrogen (secondary N) is 1. The molecule has 1 aromatic rings. The number of halogens is 1. The van der Waals surface area contributed by atoms with Crippen LogP contribution in [0, 0.1) is 12.8 Å². The van der Waals surface area contributed by atoms with Crippen LogP contribution in [0.4, 0.5) is 5.69 Å². The molecule has 0 amide bonds. The number of rotatable bonds is 3. The van der Waals surface area contributed by atoms with E-state index in [0.717, 1.165) is 54.8 Å². The maximum atomic E-state index is 6.08. The molecule has 3 heteroatoms. The lowest BCUT2D eigenvalue weighted by molar-refractivity contribution is 0.0699. The largest absolute Gasteiger partial charge is 0.385 e. The van der Waals surface area contributed by atoms with Crippen LogP contribution in [0.2, 0.25) is 5.02 Å². The van der Waals surface area contributed by atoms with Gasteiger partial charge in [0.25, 0.3) is 0 Å². The molecule has 1 aliphatic heterocycles. The summed E-state index contributed by atoms with van der Waals surface area (Å²) in [6.07, 6.45) is 2.32. The molecular weight excluding hydrogens is 222 g/mol. The third kappa shape index (κ3) is 3.13. The van der Waals surface area contributed by atoms with Gasteiger partial charge in [0.1, 0.15) is 0 Å². The van der Waals surface area contributed by atoms with Gasteiger partial charge in [-0.3, -0.25) is 0 Å². The number of hydrogen-bond acceptors (Lipinski definition) is 2. The van der Waals surface area contributed by atoms with Crippen molar-refractivity contribution in [2.24, 2.45) is 5.92 Å². The number of aryl methyl sites for hydroxylation is 1. The van der Waals surface area contributed by atoms with E-state index in [9.17, 15) is 0 Å². The monoisotopic (exact) mass is 239 g/mol. The van der Waals surface area contributed by atoms with E-state index in [2.05, 4.69) is 17.4 Å². The Morgan fingerprint density at radius 2 is 2.12 bits per heavy atom.